The number of hydrogen-bond donors (Lipinski definition) is 1. The van der Waals surface area contributed by atoms with Crippen molar-refractivity contribution in [2.75, 3.05) is 0 Å². The normalized spacial score (nSPS) is 48.2. The minimum atomic E-state index is 0.286. The van der Waals surface area contributed by atoms with E-state index in [9.17, 15) is 0 Å². The highest BCUT2D eigenvalue weighted by Crippen LogP contribution is 2.55. The van der Waals surface area contributed by atoms with Gasteiger partial charge in [-0.15, -0.1) is 0 Å². The maximum Gasteiger partial charge on any atom is 0.134 e. The quantitative estimate of drug-likeness (QED) is 0.455. The second kappa shape index (κ2) is 4.83. The van der Waals surface area contributed by atoms with Crippen LogP contribution in [0.3, 0.4) is 0 Å². The molecule has 0 N–H and O–H groups in total. The van der Waals surface area contributed by atoms with Crippen molar-refractivity contribution in [1.82, 2.24) is 0 Å². The van der Waals surface area contributed by atoms with E-state index in [1.165, 1.54) is 65.1 Å². The molecular formula is C15H29BS. The van der Waals surface area contributed by atoms with Crippen LogP contribution in [-0.2, 0) is 0 Å². The van der Waals surface area contributed by atoms with Crippen molar-refractivity contribution < 1.29 is 0 Å². The minimum absolute atomic E-state index is 0.286. The lowest BCUT2D eigenvalue weighted by atomic mass is 9.33. The summed E-state index contributed by atoms with van der Waals surface area (Å²) < 4.78 is 0.286. The second-order valence-corrected chi connectivity index (χ2v) is 8.94. The lowest BCUT2D eigenvalue weighted by Gasteiger charge is -2.46. The third-order valence-corrected chi connectivity index (χ3v) is 5.87. The Balaban J connectivity index is 2.10. The van der Waals surface area contributed by atoms with Crippen molar-refractivity contribution >= 4 is 19.9 Å². The molecule has 2 aliphatic heterocycles. The molecule has 3 atom stereocenters. The first-order valence-electron chi connectivity index (χ1n) is 7.55. The van der Waals surface area contributed by atoms with Gasteiger partial charge in [-0.05, 0) is 12.8 Å². The van der Waals surface area contributed by atoms with E-state index in [-0.39, 0.29) is 4.75 Å². The molecule has 0 aromatic carbocycles. The molecule has 0 amide bonds. The number of fused-ring (bicyclic) bond motifs is 2. The van der Waals surface area contributed by atoms with E-state index < -0.39 is 0 Å². The first-order chi connectivity index (χ1) is 7.83. The molecule has 2 heterocycles. The Morgan fingerprint density at radius 1 is 0.706 bits per heavy atom. The Labute approximate surface area is 114 Å². The molecule has 17 heavy (non-hydrogen) atoms. The van der Waals surface area contributed by atoms with Crippen LogP contribution in [0.4, 0.5) is 0 Å². The molecule has 0 spiro atoms. The molecule has 2 rings (SSSR count). The first kappa shape index (κ1) is 13.8. The van der Waals surface area contributed by atoms with E-state index in [1.807, 2.05) is 0 Å². The zero-order valence-electron chi connectivity index (χ0n) is 12.0. The first-order valence-corrected chi connectivity index (χ1v) is 8.00. The SMILES string of the molecule is CC1(S)CCCCC2(C)BC(C)(CCC2)CC1. The van der Waals surface area contributed by atoms with Gasteiger partial charge in [0.15, 0.2) is 0 Å². The molecular weight excluding hydrogens is 223 g/mol. The number of rotatable bonds is 0. The average molecular weight is 252 g/mol. The maximum atomic E-state index is 4.90. The molecule has 0 nitrogen and oxygen atoms in total. The number of hydrogen-bond acceptors (Lipinski definition) is 1. The van der Waals surface area contributed by atoms with Crippen LogP contribution in [0.1, 0.15) is 78.6 Å². The van der Waals surface area contributed by atoms with Crippen LogP contribution in [-0.4, -0.2) is 12.0 Å². The van der Waals surface area contributed by atoms with Gasteiger partial charge < -0.3 is 0 Å². The summed E-state index contributed by atoms with van der Waals surface area (Å²) >= 11 is 4.90. The van der Waals surface area contributed by atoms with Gasteiger partial charge in [-0.25, -0.2) is 0 Å². The van der Waals surface area contributed by atoms with Crippen LogP contribution in [0.5, 0.6) is 0 Å². The van der Waals surface area contributed by atoms with Crippen molar-refractivity contribution in [3.05, 3.63) is 0 Å². The molecule has 2 aliphatic rings. The fourth-order valence-electron chi connectivity index (χ4n) is 4.33. The summed E-state index contributed by atoms with van der Waals surface area (Å²) in [6, 6.07) is 0. The van der Waals surface area contributed by atoms with E-state index in [2.05, 4.69) is 20.8 Å². The average Bonchev–Trinajstić information content (AvgIpc) is 2.21. The molecule has 2 saturated heterocycles. The molecule has 0 aromatic rings. The lowest BCUT2D eigenvalue weighted by molar-refractivity contribution is 0.330. The smallest absolute Gasteiger partial charge is 0.134 e. The van der Waals surface area contributed by atoms with Crippen LogP contribution in [0.25, 0.3) is 0 Å². The summed E-state index contributed by atoms with van der Waals surface area (Å²) in [4.78, 5) is 0. The Morgan fingerprint density at radius 3 is 1.94 bits per heavy atom. The highest BCUT2D eigenvalue weighted by molar-refractivity contribution is 7.81. The van der Waals surface area contributed by atoms with Crippen LogP contribution < -0.4 is 0 Å². The van der Waals surface area contributed by atoms with Crippen LogP contribution >= 0.6 is 12.6 Å². The number of thiol groups is 1. The molecule has 2 fully saturated rings. The van der Waals surface area contributed by atoms with Crippen molar-refractivity contribution in [2.24, 2.45) is 0 Å². The fourth-order valence-corrected chi connectivity index (χ4v) is 4.60. The maximum absolute atomic E-state index is 4.90. The molecule has 2 bridgehead atoms. The summed E-state index contributed by atoms with van der Waals surface area (Å²) in [6.07, 6.45) is 12.6. The van der Waals surface area contributed by atoms with Crippen molar-refractivity contribution in [3.8, 4) is 0 Å². The summed E-state index contributed by atoms with van der Waals surface area (Å²) in [5.74, 6) is 0. The largest absolute Gasteiger partial charge is 0.173 e. The van der Waals surface area contributed by atoms with Gasteiger partial charge in [0.2, 0.25) is 0 Å². The van der Waals surface area contributed by atoms with Crippen LogP contribution in [0, 0.1) is 0 Å². The van der Waals surface area contributed by atoms with Crippen LogP contribution in [0.15, 0.2) is 0 Å². The summed E-state index contributed by atoms with van der Waals surface area (Å²) in [7, 11) is 1.46. The fraction of sp³-hybridized carbons (Fsp3) is 1.00. The van der Waals surface area contributed by atoms with Gasteiger partial charge in [-0.1, -0.05) is 76.3 Å². The molecule has 0 saturated carbocycles. The van der Waals surface area contributed by atoms with E-state index in [0.717, 1.165) is 0 Å². The van der Waals surface area contributed by atoms with Gasteiger partial charge in [0, 0.05) is 4.75 Å². The van der Waals surface area contributed by atoms with E-state index >= 15 is 0 Å². The lowest BCUT2D eigenvalue weighted by Crippen LogP contribution is -2.35. The summed E-state index contributed by atoms with van der Waals surface area (Å²) in [5.41, 5.74) is 0. The highest BCUT2D eigenvalue weighted by Gasteiger charge is 2.41. The molecule has 98 valence electrons. The molecule has 3 unspecified atom stereocenters. The van der Waals surface area contributed by atoms with Crippen molar-refractivity contribution in [2.45, 2.75) is 93.9 Å². The van der Waals surface area contributed by atoms with Gasteiger partial charge >= 0.3 is 0 Å². The van der Waals surface area contributed by atoms with E-state index in [4.69, 9.17) is 12.6 Å². The Kier molecular flexibility index (Phi) is 3.93. The zero-order valence-corrected chi connectivity index (χ0v) is 12.9. The predicted octanol–water partition coefficient (Wildman–Crippen LogP) is 5.01. The summed E-state index contributed by atoms with van der Waals surface area (Å²) in [6.45, 7) is 7.44. The van der Waals surface area contributed by atoms with Gasteiger partial charge in [0.25, 0.3) is 0 Å². The van der Waals surface area contributed by atoms with Crippen LogP contribution in [0.2, 0.25) is 10.6 Å². The van der Waals surface area contributed by atoms with Crippen molar-refractivity contribution in [1.29, 1.82) is 0 Å². The van der Waals surface area contributed by atoms with E-state index in [1.54, 1.807) is 0 Å². The topological polar surface area (TPSA) is 0 Å². The second-order valence-electron chi connectivity index (χ2n) is 7.86. The zero-order chi connectivity index (χ0) is 12.6. The minimum Gasteiger partial charge on any atom is -0.173 e. The molecule has 2 heteroatoms. The molecule has 0 radical (unpaired) electrons. The van der Waals surface area contributed by atoms with Gasteiger partial charge in [0.1, 0.15) is 7.28 Å². The molecule has 0 aliphatic carbocycles. The third kappa shape index (κ3) is 3.69. The Morgan fingerprint density at radius 2 is 1.24 bits per heavy atom. The standard InChI is InChI=1S/C15H29BS/c1-13-7-4-5-10-15(3,17)12-11-14(2,16-13)9-6-8-13/h16-17H,4-12H2,1-3H3. The molecule has 0 aromatic heterocycles. The monoisotopic (exact) mass is 252 g/mol. The Bertz CT molecular complexity index is 276. The highest BCUT2D eigenvalue weighted by atomic mass is 32.1. The van der Waals surface area contributed by atoms with Gasteiger partial charge in [-0.3, -0.25) is 0 Å². The third-order valence-electron chi connectivity index (χ3n) is 5.43. The summed E-state index contributed by atoms with van der Waals surface area (Å²) in [5, 5.41) is 1.26. The Hall–Kier alpha value is 0.415. The van der Waals surface area contributed by atoms with Gasteiger partial charge in [0.05, 0.1) is 0 Å². The van der Waals surface area contributed by atoms with Crippen molar-refractivity contribution in [3.63, 3.8) is 0 Å². The van der Waals surface area contributed by atoms with Gasteiger partial charge in [-0.2, -0.15) is 12.6 Å². The van der Waals surface area contributed by atoms with E-state index in [0.29, 0.717) is 10.6 Å². The predicted molar refractivity (Wildman–Crippen MR) is 82.8 cm³/mol.